The number of methoxy groups -OCH3 is 1. The first kappa shape index (κ1) is 23.5. The minimum Gasteiger partial charge on any atom is -0.497 e. The van der Waals surface area contributed by atoms with Crippen molar-refractivity contribution in [2.45, 2.75) is 31.7 Å². The van der Waals surface area contributed by atoms with Crippen molar-refractivity contribution in [2.75, 3.05) is 20.7 Å². The average Bonchev–Trinajstić information content (AvgIpc) is 3.19. The van der Waals surface area contributed by atoms with Gasteiger partial charge in [0.05, 0.1) is 7.11 Å². The summed E-state index contributed by atoms with van der Waals surface area (Å²) >= 11 is 0. The molecule has 3 aromatic rings. The number of nitrogens with zero attached hydrogens (tertiary/aromatic N) is 1. The standard InChI is InChI=1S/C23H25F3N2O4/c1-15-4-9-20(32-15)22(30,23(24,25)26)10-11-27-21(29)28(2)14-16-5-6-18-13-19(31-3)8-7-17(18)12-16/h4-9,12-13,30H,10-11,14H2,1-3H3,(H,27,29). The van der Waals surface area contributed by atoms with Crippen molar-refractivity contribution < 1.29 is 32.2 Å². The summed E-state index contributed by atoms with van der Waals surface area (Å²) in [6, 6.07) is 13.2. The number of amides is 2. The smallest absolute Gasteiger partial charge is 0.424 e. The van der Waals surface area contributed by atoms with Gasteiger partial charge in [0.2, 0.25) is 5.60 Å². The SMILES string of the molecule is COc1ccc2cc(CN(C)C(=O)NCCC(O)(c3ccc(C)o3)C(F)(F)F)ccc2c1. The maximum absolute atomic E-state index is 13.5. The minimum absolute atomic E-state index is 0.250. The van der Waals surface area contributed by atoms with Crippen LogP contribution in [-0.4, -0.2) is 42.9 Å². The van der Waals surface area contributed by atoms with Crippen LogP contribution in [-0.2, 0) is 12.1 Å². The summed E-state index contributed by atoms with van der Waals surface area (Å²) in [5.74, 6) is 0.392. The predicted octanol–water partition coefficient (Wildman–Crippen LogP) is 4.73. The van der Waals surface area contributed by atoms with Gasteiger partial charge in [0.1, 0.15) is 17.3 Å². The average molecular weight is 450 g/mol. The zero-order valence-electron chi connectivity index (χ0n) is 18.0. The third-order valence-corrected chi connectivity index (χ3v) is 5.26. The largest absolute Gasteiger partial charge is 0.497 e. The molecule has 9 heteroatoms. The zero-order valence-corrected chi connectivity index (χ0v) is 18.0. The highest BCUT2D eigenvalue weighted by Gasteiger charge is 2.56. The molecule has 2 N–H and O–H groups in total. The third kappa shape index (κ3) is 4.99. The lowest BCUT2D eigenvalue weighted by atomic mass is 9.96. The van der Waals surface area contributed by atoms with Crippen LogP contribution in [0.1, 0.15) is 23.5 Å². The van der Waals surface area contributed by atoms with E-state index in [1.54, 1.807) is 14.2 Å². The summed E-state index contributed by atoms with van der Waals surface area (Å²) in [7, 11) is 3.13. The van der Waals surface area contributed by atoms with E-state index in [1.807, 2.05) is 36.4 Å². The fraction of sp³-hybridized carbons (Fsp3) is 0.348. The number of hydrogen-bond donors (Lipinski definition) is 2. The molecule has 2 aromatic carbocycles. The van der Waals surface area contributed by atoms with E-state index < -0.39 is 36.5 Å². The van der Waals surface area contributed by atoms with E-state index in [-0.39, 0.29) is 12.3 Å². The molecule has 0 saturated carbocycles. The highest BCUT2D eigenvalue weighted by molar-refractivity contribution is 5.84. The van der Waals surface area contributed by atoms with Crippen LogP contribution in [0.25, 0.3) is 10.8 Å². The normalized spacial score (nSPS) is 13.6. The lowest BCUT2D eigenvalue weighted by Crippen LogP contribution is -2.46. The van der Waals surface area contributed by atoms with Crippen molar-refractivity contribution in [1.82, 2.24) is 10.2 Å². The van der Waals surface area contributed by atoms with Gasteiger partial charge in [-0.1, -0.05) is 18.2 Å². The first-order valence-corrected chi connectivity index (χ1v) is 9.95. The number of fused-ring (bicyclic) bond motifs is 1. The molecule has 3 rings (SSSR count). The lowest BCUT2D eigenvalue weighted by molar-refractivity contribution is -0.274. The zero-order chi connectivity index (χ0) is 23.5. The van der Waals surface area contributed by atoms with Crippen LogP contribution in [0.2, 0.25) is 0 Å². The Kier molecular flexibility index (Phi) is 6.68. The molecule has 0 bridgehead atoms. The summed E-state index contributed by atoms with van der Waals surface area (Å²) in [6.45, 7) is 1.35. The van der Waals surface area contributed by atoms with Gasteiger partial charge in [0.15, 0.2) is 0 Å². The van der Waals surface area contributed by atoms with Crippen molar-refractivity contribution >= 4 is 16.8 Å². The Morgan fingerprint density at radius 3 is 2.44 bits per heavy atom. The van der Waals surface area contributed by atoms with Crippen LogP contribution >= 0.6 is 0 Å². The van der Waals surface area contributed by atoms with E-state index in [2.05, 4.69) is 5.32 Å². The van der Waals surface area contributed by atoms with E-state index in [0.29, 0.717) is 0 Å². The number of carbonyl (C=O) groups excluding carboxylic acids is 1. The maximum Gasteiger partial charge on any atom is 0.424 e. The summed E-state index contributed by atoms with van der Waals surface area (Å²) in [4.78, 5) is 13.7. The quantitative estimate of drug-likeness (QED) is 0.546. The van der Waals surface area contributed by atoms with Crippen molar-refractivity contribution in [3.8, 4) is 5.75 Å². The molecule has 0 spiro atoms. The molecule has 32 heavy (non-hydrogen) atoms. The Morgan fingerprint density at radius 2 is 1.81 bits per heavy atom. The Balaban J connectivity index is 1.61. The van der Waals surface area contributed by atoms with Gasteiger partial charge in [0.25, 0.3) is 0 Å². The van der Waals surface area contributed by atoms with Crippen LogP contribution in [0.3, 0.4) is 0 Å². The molecule has 0 fully saturated rings. The van der Waals surface area contributed by atoms with Crippen molar-refractivity contribution in [1.29, 1.82) is 0 Å². The van der Waals surface area contributed by atoms with Gasteiger partial charge in [-0.05, 0) is 53.6 Å². The Morgan fingerprint density at radius 1 is 1.12 bits per heavy atom. The molecular formula is C23H25F3N2O4. The van der Waals surface area contributed by atoms with Crippen LogP contribution in [0.15, 0.2) is 52.9 Å². The number of benzene rings is 2. The van der Waals surface area contributed by atoms with E-state index in [4.69, 9.17) is 9.15 Å². The Labute approximate surface area is 183 Å². The summed E-state index contributed by atoms with van der Waals surface area (Å²) in [5.41, 5.74) is -2.33. The number of aryl methyl sites for hydroxylation is 1. The fourth-order valence-electron chi connectivity index (χ4n) is 3.39. The summed E-state index contributed by atoms with van der Waals surface area (Å²) < 4.78 is 50.7. The third-order valence-electron chi connectivity index (χ3n) is 5.26. The molecular weight excluding hydrogens is 425 g/mol. The topological polar surface area (TPSA) is 74.9 Å². The maximum atomic E-state index is 13.5. The van der Waals surface area contributed by atoms with E-state index in [0.717, 1.165) is 28.2 Å². The van der Waals surface area contributed by atoms with Crippen molar-refractivity contribution in [3.05, 3.63) is 65.6 Å². The van der Waals surface area contributed by atoms with Gasteiger partial charge in [-0.2, -0.15) is 13.2 Å². The number of carbonyl (C=O) groups is 1. The monoisotopic (exact) mass is 450 g/mol. The first-order chi connectivity index (χ1) is 15.0. The van der Waals surface area contributed by atoms with Crippen molar-refractivity contribution in [2.24, 2.45) is 0 Å². The molecule has 0 aliphatic rings. The molecule has 0 saturated heterocycles. The predicted molar refractivity (Wildman–Crippen MR) is 113 cm³/mol. The number of aliphatic hydroxyl groups is 1. The Bertz CT molecular complexity index is 1100. The number of nitrogens with one attached hydrogen (secondary N) is 1. The molecule has 1 aromatic heterocycles. The van der Waals surface area contributed by atoms with Gasteiger partial charge < -0.3 is 24.5 Å². The molecule has 2 amide bonds. The lowest BCUT2D eigenvalue weighted by Gasteiger charge is -2.29. The minimum atomic E-state index is -4.96. The van der Waals surface area contributed by atoms with Crippen LogP contribution in [0.5, 0.6) is 5.75 Å². The molecule has 0 aliphatic heterocycles. The molecule has 1 heterocycles. The van der Waals surface area contributed by atoms with Gasteiger partial charge >= 0.3 is 12.2 Å². The number of rotatable bonds is 7. The summed E-state index contributed by atoms with van der Waals surface area (Å²) in [5, 5.41) is 14.7. The second kappa shape index (κ2) is 9.12. The van der Waals surface area contributed by atoms with Crippen LogP contribution in [0.4, 0.5) is 18.0 Å². The number of alkyl halides is 3. The second-order valence-corrected chi connectivity index (χ2v) is 7.65. The molecule has 0 radical (unpaired) electrons. The van der Waals surface area contributed by atoms with Gasteiger partial charge in [-0.3, -0.25) is 0 Å². The highest BCUT2D eigenvalue weighted by atomic mass is 19.4. The number of urea groups is 1. The van der Waals surface area contributed by atoms with Gasteiger partial charge in [0, 0.05) is 26.6 Å². The van der Waals surface area contributed by atoms with Crippen LogP contribution in [0, 0.1) is 6.92 Å². The van der Waals surface area contributed by atoms with Crippen molar-refractivity contribution in [3.63, 3.8) is 0 Å². The first-order valence-electron chi connectivity index (χ1n) is 9.95. The number of hydrogen-bond acceptors (Lipinski definition) is 4. The molecule has 6 nitrogen and oxygen atoms in total. The number of halogens is 3. The van der Waals surface area contributed by atoms with E-state index in [1.165, 1.54) is 17.9 Å². The van der Waals surface area contributed by atoms with E-state index >= 15 is 0 Å². The van der Waals surface area contributed by atoms with Gasteiger partial charge in [-0.15, -0.1) is 0 Å². The number of ether oxygens (including phenoxy) is 1. The molecule has 1 atom stereocenters. The van der Waals surface area contributed by atoms with Crippen LogP contribution < -0.4 is 10.1 Å². The Hall–Kier alpha value is -3.20. The fourth-order valence-corrected chi connectivity index (χ4v) is 3.39. The molecule has 0 aliphatic carbocycles. The molecule has 172 valence electrons. The number of furan rings is 1. The second-order valence-electron chi connectivity index (χ2n) is 7.65. The molecule has 1 unspecified atom stereocenters. The van der Waals surface area contributed by atoms with E-state index in [9.17, 15) is 23.1 Å². The van der Waals surface area contributed by atoms with Gasteiger partial charge in [-0.25, -0.2) is 4.79 Å². The highest BCUT2D eigenvalue weighted by Crippen LogP contribution is 2.42. The summed E-state index contributed by atoms with van der Waals surface area (Å²) in [6.07, 6.45) is -5.73.